The van der Waals surface area contributed by atoms with E-state index in [0.29, 0.717) is 0 Å². The molecule has 1 saturated heterocycles. The summed E-state index contributed by atoms with van der Waals surface area (Å²) in [6, 6.07) is 5.88. The number of likely N-dealkylation sites (tertiary alicyclic amines) is 1. The van der Waals surface area contributed by atoms with Crippen LogP contribution in [0.15, 0.2) is 23.6 Å². The summed E-state index contributed by atoms with van der Waals surface area (Å²) in [5, 5.41) is 6.44. The highest BCUT2D eigenvalue weighted by Gasteiger charge is 2.20. The molecule has 3 rings (SSSR count). The molecule has 8 heteroatoms. The van der Waals surface area contributed by atoms with Gasteiger partial charge in [-0.3, -0.25) is 4.90 Å². The van der Waals surface area contributed by atoms with Crippen LogP contribution < -0.4 is 14.8 Å². The van der Waals surface area contributed by atoms with Crippen molar-refractivity contribution in [1.29, 1.82) is 0 Å². The zero-order valence-corrected chi connectivity index (χ0v) is 19.2. The fraction of sp³-hybridized carbons (Fsp3) is 0.550. The summed E-state index contributed by atoms with van der Waals surface area (Å²) in [5.41, 5.74) is 2.17. The number of methoxy groups -OCH3 is 2. The Balaban J connectivity index is 0.00000196. The SMILES string of the molecule is CNCCC1CCN(Cc2csc(-c3ccc(OC)cc3OC)n2)CC1.Cl.Cl. The van der Waals surface area contributed by atoms with Gasteiger partial charge in [0.25, 0.3) is 0 Å². The van der Waals surface area contributed by atoms with Crippen molar-refractivity contribution in [2.75, 3.05) is 40.9 Å². The highest BCUT2D eigenvalue weighted by Crippen LogP contribution is 2.35. The first-order chi connectivity index (χ1) is 12.7. The van der Waals surface area contributed by atoms with Crippen LogP contribution in [0, 0.1) is 5.92 Å². The second-order valence-electron chi connectivity index (χ2n) is 6.82. The molecule has 0 spiro atoms. The van der Waals surface area contributed by atoms with E-state index in [9.17, 15) is 0 Å². The van der Waals surface area contributed by atoms with Gasteiger partial charge >= 0.3 is 0 Å². The van der Waals surface area contributed by atoms with E-state index in [2.05, 4.69) is 15.6 Å². The van der Waals surface area contributed by atoms with Crippen molar-refractivity contribution in [2.45, 2.75) is 25.8 Å². The predicted octanol–water partition coefficient (Wildman–Crippen LogP) is 4.49. The van der Waals surface area contributed by atoms with Crippen LogP contribution in [0.5, 0.6) is 11.5 Å². The van der Waals surface area contributed by atoms with E-state index in [1.807, 2.05) is 25.2 Å². The number of thiazole rings is 1. The molecule has 28 heavy (non-hydrogen) atoms. The Kier molecular flexibility index (Phi) is 11.2. The van der Waals surface area contributed by atoms with E-state index < -0.39 is 0 Å². The first-order valence-electron chi connectivity index (χ1n) is 9.27. The van der Waals surface area contributed by atoms with E-state index in [1.54, 1.807) is 25.6 Å². The van der Waals surface area contributed by atoms with Crippen molar-refractivity contribution < 1.29 is 9.47 Å². The third kappa shape index (κ3) is 6.49. The molecule has 0 radical (unpaired) electrons. The molecule has 0 unspecified atom stereocenters. The first-order valence-corrected chi connectivity index (χ1v) is 10.1. The summed E-state index contributed by atoms with van der Waals surface area (Å²) in [4.78, 5) is 7.38. The van der Waals surface area contributed by atoms with Gasteiger partial charge in [0.05, 0.1) is 25.5 Å². The molecule has 1 aromatic carbocycles. The number of rotatable bonds is 8. The molecule has 2 heterocycles. The Morgan fingerprint density at radius 1 is 1.18 bits per heavy atom. The monoisotopic (exact) mass is 447 g/mol. The highest BCUT2D eigenvalue weighted by molar-refractivity contribution is 7.13. The van der Waals surface area contributed by atoms with Crippen molar-refractivity contribution in [2.24, 2.45) is 5.92 Å². The maximum Gasteiger partial charge on any atom is 0.132 e. The molecule has 0 atom stereocenters. The van der Waals surface area contributed by atoms with Crippen molar-refractivity contribution in [3.63, 3.8) is 0 Å². The Hall–Kier alpha value is -1.05. The van der Waals surface area contributed by atoms with Gasteiger partial charge in [0, 0.05) is 18.0 Å². The Morgan fingerprint density at radius 2 is 1.93 bits per heavy atom. The lowest BCUT2D eigenvalue weighted by atomic mass is 9.93. The average Bonchev–Trinajstić information content (AvgIpc) is 3.15. The number of aromatic nitrogens is 1. The fourth-order valence-electron chi connectivity index (χ4n) is 3.49. The third-order valence-electron chi connectivity index (χ3n) is 5.09. The van der Waals surface area contributed by atoms with E-state index in [0.717, 1.165) is 46.8 Å². The number of nitrogens with zero attached hydrogens (tertiary/aromatic N) is 2. The van der Waals surface area contributed by atoms with Crippen molar-refractivity contribution >= 4 is 36.2 Å². The lowest BCUT2D eigenvalue weighted by molar-refractivity contribution is 0.171. The molecule has 0 bridgehead atoms. The molecule has 1 N–H and O–H groups in total. The first kappa shape index (κ1) is 25.0. The van der Waals surface area contributed by atoms with Crippen molar-refractivity contribution in [3.05, 3.63) is 29.3 Å². The van der Waals surface area contributed by atoms with Gasteiger partial charge in [-0.25, -0.2) is 4.98 Å². The molecular weight excluding hydrogens is 417 g/mol. The largest absolute Gasteiger partial charge is 0.497 e. The van der Waals surface area contributed by atoms with Crippen LogP contribution in [-0.4, -0.2) is 50.8 Å². The van der Waals surface area contributed by atoms with Crippen molar-refractivity contribution in [3.8, 4) is 22.1 Å². The molecule has 158 valence electrons. The molecule has 1 aromatic heterocycles. The number of benzene rings is 1. The Bertz CT molecular complexity index is 707. The number of piperidine rings is 1. The van der Waals surface area contributed by atoms with Gasteiger partial charge in [0.15, 0.2) is 0 Å². The summed E-state index contributed by atoms with van der Waals surface area (Å²) < 4.78 is 10.8. The second kappa shape index (κ2) is 12.5. The molecule has 5 nitrogen and oxygen atoms in total. The summed E-state index contributed by atoms with van der Waals surface area (Å²) in [6.45, 7) is 4.41. The predicted molar refractivity (Wildman–Crippen MR) is 122 cm³/mol. The second-order valence-corrected chi connectivity index (χ2v) is 7.68. The van der Waals surface area contributed by atoms with E-state index in [4.69, 9.17) is 14.5 Å². The minimum atomic E-state index is 0. The molecule has 0 amide bonds. The number of halogens is 2. The van der Waals surface area contributed by atoms with Crippen LogP contribution in [-0.2, 0) is 6.54 Å². The van der Waals surface area contributed by atoms with E-state index >= 15 is 0 Å². The van der Waals surface area contributed by atoms with Gasteiger partial charge in [-0.15, -0.1) is 36.2 Å². The molecule has 0 aliphatic carbocycles. The summed E-state index contributed by atoms with van der Waals surface area (Å²) in [6.07, 6.45) is 3.89. The highest BCUT2D eigenvalue weighted by atomic mass is 35.5. The van der Waals surface area contributed by atoms with Crippen LogP contribution in [0.2, 0.25) is 0 Å². The number of ether oxygens (including phenoxy) is 2. The van der Waals surface area contributed by atoms with Gasteiger partial charge in [0.2, 0.25) is 0 Å². The number of nitrogens with one attached hydrogen (secondary N) is 1. The maximum atomic E-state index is 5.52. The number of hydrogen-bond donors (Lipinski definition) is 1. The van der Waals surface area contributed by atoms with Crippen LogP contribution in [0.1, 0.15) is 25.0 Å². The minimum absolute atomic E-state index is 0. The zero-order chi connectivity index (χ0) is 18.4. The van der Waals surface area contributed by atoms with Gasteiger partial charge in [-0.1, -0.05) is 0 Å². The average molecular weight is 448 g/mol. The molecule has 0 saturated carbocycles. The standard InChI is InChI=1S/C20H29N3O2S.2ClH/c1-21-9-6-15-7-10-23(11-8-15)13-16-14-26-20(22-16)18-5-4-17(24-2)12-19(18)25-3;;/h4-5,12,14-15,21H,6-11,13H2,1-3H3;2*1H. The van der Waals surface area contributed by atoms with E-state index in [-0.39, 0.29) is 24.8 Å². The topological polar surface area (TPSA) is 46.6 Å². The van der Waals surface area contributed by atoms with Crippen LogP contribution >= 0.6 is 36.2 Å². The van der Waals surface area contributed by atoms with Gasteiger partial charge < -0.3 is 14.8 Å². The minimum Gasteiger partial charge on any atom is -0.497 e. The normalized spacial score (nSPS) is 14.8. The van der Waals surface area contributed by atoms with Crippen LogP contribution in [0.3, 0.4) is 0 Å². The molecule has 1 aliphatic rings. The van der Waals surface area contributed by atoms with Crippen LogP contribution in [0.25, 0.3) is 10.6 Å². The van der Waals surface area contributed by atoms with Gasteiger partial charge in [-0.2, -0.15) is 0 Å². The molecular formula is C20H31Cl2N3O2S. The number of hydrogen-bond acceptors (Lipinski definition) is 6. The van der Waals surface area contributed by atoms with E-state index in [1.165, 1.54) is 32.4 Å². The lowest BCUT2D eigenvalue weighted by Gasteiger charge is -2.31. The zero-order valence-electron chi connectivity index (χ0n) is 16.8. The van der Waals surface area contributed by atoms with Crippen LogP contribution in [0.4, 0.5) is 0 Å². The van der Waals surface area contributed by atoms with Gasteiger partial charge in [0.1, 0.15) is 16.5 Å². The molecule has 2 aromatic rings. The Morgan fingerprint density at radius 3 is 2.57 bits per heavy atom. The lowest BCUT2D eigenvalue weighted by Crippen LogP contribution is -2.34. The third-order valence-corrected chi connectivity index (χ3v) is 6.01. The fourth-order valence-corrected chi connectivity index (χ4v) is 4.33. The summed E-state index contributed by atoms with van der Waals surface area (Å²) >= 11 is 1.68. The molecule has 1 fully saturated rings. The summed E-state index contributed by atoms with van der Waals surface area (Å²) in [7, 11) is 5.38. The van der Waals surface area contributed by atoms with Crippen molar-refractivity contribution in [1.82, 2.24) is 15.2 Å². The van der Waals surface area contributed by atoms with Gasteiger partial charge in [-0.05, 0) is 64.0 Å². The summed E-state index contributed by atoms with van der Waals surface area (Å²) in [5.74, 6) is 2.47. The smallest absolute Gasteiger partial charge is 0.132 e. The quantitative estimate of drug-likeness (QED) is 0.645. The Labute approximate surface area is 184 Å². The molecule has 1 aliphatic heterocycles. The maximum absolute atomic E-state index is 5.52.